The van der Waals surface area contributed by atoms with Gasteiger partial charge >= 0.3 is 5.88 Å². The summed E-state index contributed by atoms with van der Waals surface area (Å²) in [6.07, 6.45) is 0. The van der Waals surface area contributed by atoms with Crippen molar-refractivity contribution in [2.75, 3.05) is 6.54 Å². The molecule has 0 amide bonds. The zero-order chi connectivity index (χ0) is 14.0. The van der Waals surface area contributed by atoms with Gasteiger partial charge < -0.3 is 9.73 Å². The van der Waals surface area contributed by atoms with Crippen molar-refractivity contribution in [3.63, 3.8) is 0 Å². The van der Waals surface area contributed by atoms with Crippen molar-refractivity contribution >= 4 is 49.1 Å². The summed E-state index contributed by atoms with van der Waals surface area (Å²) in [5.41, 5.74) is 0. The second-order valence-corrected chi connectivity index (χ2v) is 6.95. The van der Waals surface area contributed by atoms with E-state index in [1.807, 2.05) is 13.0 Å². The molecule has 1 unspecified atom stereocenters. The molecule has 0 aromatic carbocycles. The minimum Gasteiger partial charge on any atom is -0.404 e. The maximum Gasteiger partial charge on any atom is 0.433 e. The van der Waals surface area contributed by atoms with E-state index in [1.165, 1.54) is 6.07 Å². The van der Waals surface area contributed by atoms with E-state index >= 15 is 0 Å². The normalized spacial score (nSPS) is 12.6. The number of halogens is 2. The van der Waals surface area contributed by atoms with Crippen molar-refractivity contribution in [1.82, 2.24) is 5.32 Å². The molecule has 0 fully saturated rings. The molecule has 0 radical (unpaired) electrons. The minimum absolute atomic E-state index is 0.189. The van der Waals surface area contributed by atoms with Crippen LogP contribution in [0.2, 0.25) is 0 Å². The van der Waals surface area contributed by atoms with E-state index in [0.29, 0.717) is 5.76 Å². The largest absolute Gasteiger partial charge is 0.433 e. The van der Waals surface area contributed by atoms with Crippen LogP contribution in [0.4, 0.5) is 5.88 Å². The maximum absolute atomic E-state index is 10.7. The van der Waals surface area contributed by atoms with Gasteiger partial charge in [-0.2, -0.15) is 0 Å². The van der Waals surface area contributed by atoms with Crippen LogP contribution >= 0.6 is 43.2 Å². The molecule has 0 saturated carbocycles. The van der Waals surface area contributed by atoms with Crippen molar-refractivity contribution in [2.24, 2.45) is 0 Å². The van der Waals surface area contributed by atoms with Crippen LogP contribution in [0, 0.1) is 10.1 Å². The van der Waals surface area contributed by atoms with Crippen molar-refractivity contribution in [2.45, 2.75) is 13.0 Å². The lowest BCUT2D eigenvalue weighted by Crippen LogP contribution is -2.20. The molecule has 2 heterocycles. The van der Waals surface area contributed by atoms with Gasteiger partial charge in [-0.1, -0.05) is 6.92 Å². The summed E-state index contributed by atoms with van der Waals surface area (Å²) in [6.45, 7) is 2.70. The monoisotopic (exact) mass is 408 g/mol. The van der Waals surface area contributed by atoms with Crippen LogP contribution in [0.1, 0.15) is 23.6 Å². The van der Waals surface area contributed by atoms with E-state index < -0.39 is 4.92 Å². The first-order valence-electron chi connectivity index (χ1n) is 5.45. The standard InChI is InChI=1S/C11H10Br2N2O3S/c1-2-14-10(8-5-6(12)11(13)19-8)7-3-4-9(18-7)15(16)17/h3-5,10,14H,2H2,1H3. The van der Waals surface area contributed by atoms with Gasteiger partial charge in [0.05, 0.1) is 9.85 Å². The molecule has 0 bridgehead atoms. The first kappa shape index (κ1) is 14.7. The molecule has 0 aliphatic rings. The number of furan rings is 1. The molecule has 8 heteroatoms. The molecular formula is C11H10Br2N2O3S. The van der Waals surface area contributed by atoms with Crippen LogP contribution in [0.25, 0.3) is 0 Å². The average Bonchev–Trinajstić information content (AvgIpc) is 2.95. The Labute approximate surface area is 130 Å². The molecule has 0 aliphatic heterocycles. The number of nitrogens with one attached hydrogen (secondary N) is 1. The first-order chi connectivity index (χ1) is 9.02. The third-order valence-electron chi connectivity index (χ3n) is 2.43. The Morgan fingerprint density at radius 1 is 1.53 bits per heavy atom. The van der Waals surface area contributed by atoms with Crippen LogP contribution in [0.3, 0.4) is 0 Å². The number of rotatable bonds is 5. The molecule has 1 N–H and O–H groups in total. The number of hydrogen-bond donors (Lipinski definition) is 1. The van der Waals surface area contributed by atoms with E-state index in [9.17, 15) is 10.1 Å². The highest BCUT2D eigenvalue weighted by molar-refractivity contribution is 9.13. The van der Waals surface area contributed by atoms with Gasteiger partial charge in [-0.3, -0.25) is 10.1 Å². The Bertz CT molecular complexity index is 577. The fourth-order valence-corrected chi connectivity index (χ4v) is 3.82. The smallest absolute Gasteiger partial charge is 0.404 e. The van der Waals surface area contributed by atoms with Gasteiger partial charge in [-0.05, 0) is 50.5 Å². The van der Waals surface area contributed by atoms with Crippen LogP contribution < -0.4 is 5.32 Å². The van der Waals surface area contributed by atoms with Crippen LogP contribution in [0.5, 0.6) is 0 Å². The summed E-state index contributed by atoms with van der Waals surface area (Å²) in [6, 6.07) is 4.78. The third kappa shape index (κ3) is 3.25. The highest BCUT2D eigenvalue weighted by Gasteiger charge is 2.23. The summed E-state index contributed by atoms with van der Waals surface area (Å²) < 4.78 is 7.21. The summed E-state index contributed by atoms with van der Waals surface area (Å²) in [4.78, 5) is 11.2. The lowest BCUT2D eigenvalue weighted by atomic mass is 10.2. The highest BCUT2D eigenvalue weighted by atomic mass is 79.9. The SMILES string of the molecule is CCNC(c1ccc([N+](=O)[O-])o1)c1cc(Br)c(Br)s1. The zero-order valence-electron chi connectivity index (χ0n) is 9.85. The van der Waals surface area contributed by atoms with E-state index in [-0.39, 0.29) is 11.9 Å². The Morgan fingerprint density at radius 2 is 2.26 bits per heavy atom. The maximum atomic E-state index is 10.7. The van der Waals surface area contributed by atoms with E-state index in [1.54, 1.807) is 17.4 Å². The van der Waals surface area contributed by atoms with Crippen LogP contribution in [-0.4, -0.2) is 11.5 Å². The fourth-order valence-electron chi connectivity index (χ4n) is 1.65. The third-order valence-corrected chi connectivity index (χ3v) is 5.76. The van der Waals surface area contributed by atoms with Gasteiger partial charge in [0.1, 0.15) is 16.7 Å². The quantitative estimate of drug-likeness (QED) is 0.584. The van der Waals surface area contributed by atoms with Crippen molar-refractivity contribution in [1.29, 1.82) is 0 Å². The van der Waals surface area contributed by atoms with E-state index in [0.717, 1.165) is 19.7 Å². The van der Waals surface area contributed by atoms with Crippen molar-refractivity contribution in [3.05, 3.63) is 47.2 Å². The lowest BCUT2D eigenvalue weighted by Gasteiger charge is -2.12. The Morgan fingerprint density at radius 3 is 2.74 bits per heavy atom. The van der Waals surface area contributed by atoms with E-state index in [4.69, 9.17) is 4.42 Å². The summed E-state index contributed by atoms with van der Waals surface area (Å²) in [7, 11) is 0. The number of nitro groups is 1. The number of nitrogens with zero attached hydrogens (tertiary/aromatic N) is 1. The zero-order valence-corrected chi connectivity index (χ0v) is 13.8. The second kappa shape index (κ2) is 6.17. The molecule has 102 valence electrons. The number of hydrogen-bond acceptors (Lipinski definition) is 5. The molecule has 19 heavy (non-hydrogen) atoms. The van der Waals surface area contributed by atoms with Gasteiger partial charge in [0.15, 0.2) is 0 Å². The molecule has 1 atom stereocenters. The molecule has 2 rings (SSSR count). The average molecular weight is 410 g/mol. The van der Waals surface area contributed by atoms with Gasteiger partial charge in [0.25, 0.3) is 0 Å². The summed E-state index contributed by atoms with van der Waals surface area (Å²) >= 11 is 8.43. The lowest BCUT2D eigenvalue weighted by molar-refractivity contribution is -0.402. The predicted octanol–water partition coefficient (Wildman–Crippen LogP) is 4.47. The predicted molar refractivity (Wildman–Crippen MR) is 80.6 cm³/mol. The van der Waals surface area contributed by atoms with Gasteiger partial charge in [-0.25, -0.2) is 0 Å². The van der Waals surface area contributed by atoms with Crippen LogP contribution in [-0.2, 0) is 0 Å². The Hall–Kier alpha value is -0.700. The molecule has 2 aromatic heterocycles. The summed E-state index contributed by atoms with van der Waals surface area (Å²) in [5, 5.41) is 13.9. The molecular weight excluding hydrogens is 400 g/mol. The molecule has 5 nitrogen and oxygen atoms in total. The molecule has 0 spiro atoms. The van der Waals surface area contributed by atoms with Gasteiger partial charge in [0, 0.05) is 9.35 Å². The van der Waals surface area contributed by atoms with E-state index in [2.05, 4.69) is 37.2 Å². The number of thiophene rings is 1. The van der Waals surface area contributed by atoms with Gasteiger partial charge in [-0.15, -0.1) is 11.3 Å². The Balaban J connectivity index is 2.35. The highest BCUT2D eigenvalue weighted by Crippen LogP contribution is 2.38. The second-order valence-electron chi connectivity index (χ2n) is 3.69. The minimum atomic E-state index is -0.535. The Kier molecular flexibility index (Phi) is 4.77. The first-order valence-corrected chi connectivity index (χ1v) is 7.85. The van der Waals surface area contributed by atoms with Crippen molar-refractivity contribution in [3.8, 4) is 0 Å². The molecule has 0 aliphatic carbocycles. The summed E-state index contributed by atoms with van der Waals surface area (Å²) in [5.74, 6) is 0.294. The fraction of sp³-hybridized carbons (Fsp3) is 0.273. The topological polar surface area (TPSA) is 68.3 Å². The van der Waals surface area contributed by atoms with Crippen LogP contribution in [0.15, 0.2) is 30.9 Å². The molecule has 2 aromatic rings. The van der Waals surface area contributed by atoms with Crippen molar-refractivity contribution < 1.29 is 9.34 Å². The van der Waals surface area contributed by atoms with Gasteiger partial charge in [0.2, 0.25) is 0 Å². The molecule has 0 saturated heterocycles.